The van der Waals surface area contributed by atoms with Gasteiger partial charge >= 0.3 is 0 Å². The number of hydrogen-bond acceptors (Lipinski definition) is 2. The van der Waals surface area contributed by atoms with E-state index in [9.17, 15) is 4.79 Å². The van der Waals surface area contributed by atoms with Crippen LogP contribution in [-0.2, 0) is 9.63 Å². The SMILES string of the molecule is C#CCON1CCCC(Br)C1=O. The number of amides is 1. The summed E-state index contributed by atoms with van der Waals surface area (Å²) in [7, 11) is 0. The Balaban J connectivity index is 2.42. The van der Waals surface area contributed by atoms with E-state index in [1.165, 1.54) is 5.06 Å². The molecule has 0 aromatic rings. The molecule has 12 heavy (non-hydrogen) atoms. The molecule has 1 fully saturated rings. The smallest absolute Gasteiger partial charge is 0.259 e. The van der Waals surface area contributed by atoms with Crippen LogP contribution in [0.1, 0.15) is 12.8 Å². The van der Waals surface area contributed by atoms with Crippen molar-refractivity contribution in [2.75, 3.05) is 13.2 Å². The van der Waals surface area contributed by atoms with Gasteiger partial charge in [-0.05, 0) is 12.8 Å². The Morgan fingerprint density at radius 2 is 2.58 bits per heavy atom. The van der Waals surface area contributed by atoms with Gasteiger partial charge in [0.05, 0.1) is 4.83 Å². The van der Waals surface area contributed by atoms with Gasteiger partial charge in [-0.3, -0.25) is 9.63 Å². The number of rotatable bonds is 2. The van der Waals surface area contributed by atoms with Gasteiger partial charge in [0.15, 0.2) is 0 Å². The van der Waals surface area contributed by atoms with Gasteiger partial charge in [-0.15, -0.1) is 6.42 Å². The van der Waals surface area contributed by atoms with Gasteiger partial charge in [0.2, 0.25) is 0 Å². The molecule has 0 bridgehead atoms. The second kappa shape index (κ2) is 4.48. The minimum atomic E-state index is -0.107. The number of nitrogens with zero attached hydrogens (tertiary/aromatic N) is 1. The third kappa shape index (κ3) is 2.23. The van der Waals surface area contributed by atoms with E-state index < -0.39 is 0 Å². The number of hydroxylamine groups is 2. The highest BCUT2D eigenvalue weighted by molar-refractivity contribution is 9.10. The van der Waals surface area contributed by atoms with Crippen LogP contribution in [0.3, 0.4) is 0 Å². The lowest BCUT2D eigenvalue weighted by atomic mass is 10.1. The largest absolute Gasteiger partial charge is 0.271 e. The van der Waals surface area contributed by atoms with Gasteiger partial charge in [-0.1, -0.05) is 21.9 Å². The maximum Gasteiger partial charge on any atom is 0.259 e. The Kier molecular flexibility index (Phi) is 3.57. The van der Waals surface area contributed by atoms with Crippen molar-refractivity contribution < 1.29 is 9.63 Å². The minimum Gasteiger partial charge on any atom is -0.271 e. The number of alkyl halides is 1. The van der Waals surface area contributed by atoms with Crippen molar-refractivity contribution in [2.24, 2.45) is 0 Å². The molecule has 1 aliphatic rings. The normalized spacial score (nSPS) is 23.8. The molecule has 0 aromatic heterocycles. The average molecular weight is 232 g/mol. The summed E-state index contributed by atoms with van der Waals surface area (Å²) in [6.45, 7) is 0.800. The van der Waals surface area contributed by atoms with Crippen molar-refractivity contribution in [1.29, 1.82) is 0 Å². The Hall–Kier alpha value is -0.530. The van der Waals surface area contributed by atoms with E-state index in [1.54, 1.807) is 0 Å². The molecule has 1 unspecified atom stereocenters. The highest BCUT2D eigenvalue weighted by Gasteiger charge is 2.26. The van der Waals surface area contributed by atoms with Gasteiger partial charge in [0.25, 0.3) is 5.91 Å². The standard InChI is InChI=1S/C8H10BrNO2/c1-2-6-12-10-5-3-4-7(9)8(10)11/h1,7H,3-6H2. The lowest BCUT2D eigenvalue weighted by Crippen LogP contribution is -2.41. The number of carbonyl (C=O) groups is 1. The summed E-state index contributed by atoms with van der Waals surface area (Å²) in [5.41, 5.74) is 0. The van der Waals surface area contributed by atoms with Crippen LogP contribution in [0, 0.1) is 12.3 Å². The van der Waals surface area contributed by atoms with Crippen LogP contribution in [-0.4, -0.2) is 28.9 Å². The third-order valence-corrected chi connectivity index (χ3v) is 2.49. The Morgan fingerprint density at radius 1 is 1.83 bits per heavy atom. The second-order valence-corrected chi connectivity index (χ2v) is 3.63. The monoisotopic (exact) mass is 231 g/mol. The maximum atomic E-state index is 11.3. The molecule has 4 heteroatoms. The zero-order valence-corrected chi connectivity index (χ0v) is 8.21. The molecular formula is C8H10BrNO2. The molecule has 3 nitrogen and oxygen atoms in total. The van der Waals surface area contributed by atoms with Crippen LogP contribution in [0.2, 0.25) is 0 Å². The molecule has 0 aliphatic carbocycles. The first-order valence-electron chi connectivity index (χ1n) is 3.77. The van der Waals surface area contributed by atoms with E-state index in [1.807, 2.05) is 0 Å². The predicted molar refractivity (Wildman–Crippen MR) is 48.4 cm³/mol. The quantitative estimate of drug-likeness (QED) is 0.523. The molecular weight excluding hydrogens is 222 g/mol. The second-order valence-electron chi connectivity index (χ2n) is 2.53. The molecule has 0 radical (unpaired) electrons. The highest BCUT2D eigenvalue weighted by atomic mass is 79.9. The van der Waals surface area contributed by atoms with Gasteiger partial charge in [-0.25, -0.2) is 5.06 Å². The molecule has 66 valence electrons. The summed E-state index contributed by atoms with van der Waals surface area (Å²) in [5.74, 6) is 2.29. The molecule has 1 aliphatic heterocycles. The van der Waals surface area contributed by atoms with E-state index in [0.717, 1.165) is 12.8 Å². The van der Waals surface area contributed by atoms with Gasteiger partial charge in [0.1, 0.15) is 6.61 Å². The van der Waals surface area contributed by atoms with E-state index in [-0.39, 0.29) is 17.3 Å². The minimum absolute atomic E-state index is 0.0310. The van der Waals surface area contributed by atoms with E-state index in [2.05, 4.69) is 21.9 Å². The lowest BCUT2D eigenvalue weighted by Gasteiger charge is -2.27. The van der Waals surface area contributed by atoms with Crippen LogP contribution < -0.4 is 0 Å². The highest BCUT2D eigenvalue weighted by Crippen LogP contribution is 2.18. The van der Waals surface area contributed by atoms with Crippen molar-refractivity contribution in [3.8, 4) is 12.3 Å². The zero-order chi connectivity index (χ0) is 8.97. The summed E-state index contributed by atoms with van der Waals surface area (Å²) in [5, 5.41) is 1.34. The number of carbonyl (C=O) groups excluding carboxylic acids is 1. The summed E-state index contributed by atoms with van der Waals surface area (Å²) >= 11 is 3.26. The topological polar surface area (TPSA) is 29.5 Å². The van der Waals surface area contributed by atoms with Crippen LogP contribution in [0.15, 0.2) is 0 Å². The van der Waals surface area contributed by atoms with Crippen molar-refractivity contribution in [2.45, 2.75) is 17.7 Å². The predicted octanol–water partition coefficient (Wildman–Crippen LogP) is 0.937. The Bertz CT molecular complexity index is 212. The molecule has 1 rings (SSSR count). The molecule has 0 aromatic carbocycles. The molecule has 1 amide bonds. The molecule has 1 atom stereocenters. The van der Waals surface area contributed by atoms with Crippen molar-refractivity contribution in [1.82, 2.24) is 5.06 Å². The first-order chi connectivity index (χ1) is 5.75. The first-order valence-corrected chi connectivity index (χ1v) is 4.69. The summed E-state index contributed by atoms with van der Waals surface area (Å²) in [6, 6.07) is 0. The van der Waals surface area contributed by atoms with E-state index in [4.69, 9.17) is 11.3 Å². The maximum absolute atomic E-state index is 11.3. The number of piperidine rings is 1. The Labute approximate surface area is 80.1 Å². The Morgan fingerprint density at radius 3 is 3.25 bits per heavy atom. The average Bonchev–Trinajstić information content (AvgIpc) is 2.08. The fourth-order valence-corrected chi connectivity index (χ4v) is 1.60. The van der Waals surface area contributed by atoms with Crippen molar-refractivity contribution in [3.63, 3.8) is 0 Å². The number of halogens is 1. The lowest BCUT2D eigenvalue weighted by molar-refractivity contribution is -0.185. The summed E-state index contributed by atoms with van der Waals surface area (Å²) in [4.78, 5) is 16.2. The van der Waals surface area contributed by atoms with Gasteiger partial charge < -0.3 is 0 Å². The fourth-order valence-electron chi connectivity index (χ4n) is 1.05. The fraction of sp³-hybridized carbons (Fsp3) is 0.625. The van der Waals surface area contributed by atoms with Crippen molar-refractivity contribution >= 4 is 21.8 Å². The van der Waals surface area contributed by atoms with Crippen LogP contribution in [0.4, 0.5) is 0 Å². The summed E-state index contributed by atoms with van der Waals surface area (Å²) < 4.78 is 0. The molecule has 0 saturated carbocycles. The van der Waals surface area contributed by atoms with Crippen LogP contribution >= 0.6 is 15.9 Å². The molecule has 1 heterocycles. The molecule has 0 spiro atoms. The first kappa shape index (κ1) is 9.56. The van der Waals surface area contributed by atoms with E-state index >= 15 is 0 Å². The molecule has 1 saturated heterocycles. The number of hydrogen-bond donors (Lipinski definition) is 0. The third-order valence-electron chi connectivity index (χ3n) is 1.64. The van der Waals surface area contributed by atoms with Gasteiger partial charge in [-0.2, -0.15) is 0 Å². The van der Waals surface area contributed by atoms with Gasteiger partial charge in [0, 0.05) is 6.54 Å². The zero-order valence-electron chi connectivity index (χ0n) is 6.62. The van der Waals surface area contributed by atoms with E-state index in [0.29, 0.717) is 6.54 Å². The van der Waals surface area contributed by atoms with Crippen LogP contribution in [0.25, 0.3) is 0 Å². The summed E-state index contributed by atoms with van der Waals surface area (Å²) in [6.07, 6.45) is 6.82. The van der Waals surface area contributed by atoms with Crippen LogP contribution in [0.5, 0.6) is 0 Å². The number of terminal acetylenes is 1. The van der Waals surface area contributed by atoms with Crippen molar-refractivity contribution in [3.05, 3.63) is 0 Å². The molecule has 0 N–H and O–H groups in total.